The van der Waals surface area contributed by atoms with E-state index in [1.807, 2.05) is 0 Å². The second-order valence-corrected chi connectivity index (χ2v) is 7.66. The molecular weight excluding hydrogens is 433 g/mol. The Morgan fingerprint density at radius 3 is 2.48 bits per heavy atom. The van der Waals surface area contributed by atoms with Gasteiger partial charge in [-0.25, -0.2) is 4.99 Å². The van der Waals surface area contributed by atoms with Crippen LogP contribution in [0.2, 0.25) is 0 Å². The van der Waals surface area contributed by atoms with Crippen molar-refractivity contribution in [2.75, 3.05) is 38.6 Å². The summed E-state index contributed by atoms with van der Waals surface area (Å²) in [6, 6.07) is 9.25. The van der Waals surface area contributed by atoms with Gasteiger partial charge in [-0.2, -0.15) is 13.2 Å². The van der Waals surface area contributed by atoms with Crippen LogP contribution in [0.3, 0.4) is 0 Å². The molecule has 9 heteroatoms. The van der Waals surface area contributed by atoms with Crippen LogP contribution in [0.25, 0.3) is 0 Å². The predicted octanol–water partition coefficient (Wildman–Crippen LogP) is 2.40. The van der Waals surface area contributed by atoms with Gasteiger partial charge < -0.3 is 15.8 Å². The molecule has 1 saturated heterocycles. The number of hydrogen-bond donors (Lipinski definition) is 3. The third kappa shape index (κ3) is 6.58. The lowest BCUT2D eigenvalue weighted by molar-refractivity contribution is -0.418. The van der Waals surface area contributed by atoms with E-state index in [0.29, 0.717) is 29.3 Å². The molecule has 1 amide bonds. The maximum Gasteiger partial charge on any atom is 0.416 e. The first-order chi connectivity index (χ1) is 15.8. The van der Waals surface area contributed by atoms with Crippen LogP contribution < -0.4 is 20.8 Å². The molecule has 4 N–H and O–H groups in total. The number of hydrogen-bond acceptors (Lipinski definition) is 4. The third-order valence-corrected chi connectivity index (χ3v) is 5.40. The van der Waals surface area contributed by atoms with Gasteiger partial charge in [-0.3, -0.25) is 9.69 Å². The third-order valence-electron chi connectivity index (χ3n) is 5.40. The van der Waals surface area contributed by atoms with Crippen LogP contribution >= 0.6 is 0 Å². The highest BCUT2D eigenvalue weighted by Crippen LogP contribution is 2.29. The number of amides is 1. The SMILES string of the molecule is C[NH+]=C(C=CN)c1cc(NC(=O)c2ccc(C(F)(F)F)cc2)ccc1OCCN1CCCC1. The molecule has 1 heterocycles. The molecule has 2 aromatic rings. The number of halogens is 3. The Morgan fingerprint density at radius 1 is 1.18 bits per heavy atom. The molecule has 176 valence electrons. The van der Waals surface area contributed by atoms with E-state index in [-0.39, 0.29) is 5.56 Å². The zero-order valence-electron chi connectivity index (χ0n) is 18.4. The van der Waals surface area contributed by atoms with Gasteiger partial charge >= 0.3 is 6.18 Å². The maximum absolute atomic E-state index is 12.8. The number of alkyl halides is 3. The molecule has 0 radical (unpaired) electrons. The fourth-order valence-electron chi connectivity index (χ4n) is 3.65. The predicted molar refractivity (Wildman–Crippen MR) is 121 cm³/mol. The van der Waals surface area contributed by atoms with Crippen molar-refractivity contribution < 1.29 is 27.7 Å². The van der Waals surface area contributed by atoms with E-state index in [9.17, 15) is 18.0 Å². The number of allylic oxidation sites excluding steroid dienone is 1. The number of carbonyl (C=O) groups is 1. The lowest BCUT2D eigenvalue weighted by atomic mass is 10.1. The number of nitrogens with two attached hydrogens (primary N) is 1. The zero-order valence-corrected chi connectivity index (χ0v) is 18.4. The highest BCUT2D eigenvalue weighted by Gasteiger charge is 2.30. The lowest BCUT2D eigenvalue weighted by Gasteiger charge is -2.16. The van der Waals surface area contributed by atoms with Gasteiger partial charge in [0.1, 0.15) is 19.4 Å². The van der Waals surface area contributed by atoms with Crippen LogP contribution in [0.15, 0.2) is 54.7 Å². The molecule has 0 bridgehead atoms. The quantitative estimate of drug-likeness (QED) is 0.528. The van der Waals surface area contributed by atoms with E-state index in [0.717, 1.165) is 43.9 Å². The van der Waals surface area contributed by atoms with Gasteiger partial charge in [0.05, 0.1) is 11.1 Å². The summed E-state index contributed by atoms with van der Waals surface area (Å²) in [5.41, 5.74) is 6.75. The second kappa shape index (κ2) is 11.0. The Balaban J connectivity index is 1.76. The first kappa shape index (κ1) is 24.3. The number of nitrogens with zero attached hydrogens (tertiary/aromatic N) is 1. The fourth-order valence-corrected chi connectivity index (χ4v) is 3.65. The molecule has 0 spiro atoms. The molecule has 0 atom stereocenters. The molecular formula is C24H28F3N4O2+. The van der Waals surface area contributed by atoms with E-state index < -0.39 is 17.6 Å². The summed E-state index contributed by atoms with van der Waals surface area (Å²) >= 11 is 0. The van der Waals surface area contributed by atoms with Gasteiger partial charge in [0, 0.05) is 30.1 Å². The maximum atomic E-state index is 12.8. The number of nitrogens with one attached hydrogen (secondary N) is 2. The van der Waals surface area contributed by atoms with Crippen LogP contribution in [0.5, 0.6) is 5.75 Å². The van der Waals surface area contributed by atoms with E-state index >= 15 is 0 Å². The molecule has 1 fully saturated rings. The molecule has 0 aromatic heterocycles. The zero-order chi connectivity index (χ0) is 23.8. The minimum absolute atomic E-state index is 0.121. The number of carbonyl (C=O) groups excluding carboxylic acids is 1. The standard InChI is InChI=1S/C24H27F3N4O2/c1-29-21(10-11-28)20-16-19(8-9-22(20)33-15-14-31-12-2-3-13-31)30-23(32)17-4-6-18(7-5-17)24(25,26)27/h4-11,16H,2-3,12-15,28H2,1H3,(H,30,32)/p+1. The minimum atomic E-state index is -4.45. The normalized spacial score (nSPS) is 15.2. The van der Waals surface area contributed by atoms with Crippen molar-refractivity contribution in [3.05, 3.63) is 71.4 Å². The van der Waals surface area contributed by atoms with Crippen LogP contribution in [0.4, 0.5) is 18.9 Å². The average molecular weight is 462 g/mol. The number of rotatable bonds is 8. The molecule has 0 saturated carbocycles. The van der Waals surface area contributed by atoms with Crippen molar-refractivity contribution in [2.24, 2.45) is 5.73 Å². The average Bonchev–Trinajstić information content (AvgIpc) is 3.31. The van der Waals surface area contributed by atoms with Gasteiger partial charge in [0.25, 0.3) is 5.91 Å². The van der Waals surface area contributed by atoms with Gasteiger partial charge in [-0.15, -0.1) is 0 Å². The van der Waals surface area contributed by atoms with E-state index in [1.54, 1.807) is 31.3 Å². The van der Waals surface area contributed by atoms with E-state index in [4.69, 9.17) is 10.5 Å². The number of likely N-dealkylation sites (tertiary alicyclic amines) is 1. The minimum Gasteiger partial charge on any atom is -0.491 e. The number of benzene rings is 2. The highest BCUT2D eigenvalue weighted by atomic mass is 19.4. The van der Waals surface area contributed by atoms with Crippen LogP contribution in [0.1, 0.15) is 34.3 Å². The van der Waals surface area contributed by atoms with Gasteiger partial charge in [-0.05, 0) is 68.4 Å². The Morgan fingerprint density at radius 2 is 1.88 bits per heavy atom. The molecule has 33 heavy (non-hydrogen) atoms. The molecule has 0 aliphatic carbocycles. The van der Waals surface area contributed by atoms with Crippen LogP contribution in [-0.4, -0.2) is 49.8 Å². The van der Waals surface area contributed by atoms with E-state index in [1.165, 1.54) is 19.0 Å². The van der Waals surface area contributed by atoms with Gasteiger partial charge in [0.2, 0.25) is 5.71 Å². The molecule has 2 aromatic carbocycles. The van der Waals surface area contributed by atoms with Crippen molar-refractivity contribution in [2.45, 2.75) is 19.0 Å². The van der Waals surface area contributed by atoms with Crippen molar-refractivity contribution in [1.82, 2.24) is 4.90 Å². The summed E-state index contributed by atoms with van der Waals surface area (Å²) in [4.78, 5) is 18.0. The summed E-state index contributed by atoms with van der Waals surface area (Å²) in [5, 5.41) is 2.73. The smallest absolute Gasteiger partial charge is 0.416 e. The largest absolute Gasteiger partial charge is 0.491 e. The van der Waals surface area contributed by atoms with Crippen molar-refractivity contribution in [1.29, 1.82) is 0 Å². The van der Waals surface area contributed by atoms with Crippen LogP contribution in [-0.2, 0) is 6.18 Å². The topological polar surface area (TPSA) is 81.6 Å². The molecule has 1 aliphatic rings. The Kier molecular flexibility index (Phi) is 8.11. The van der Waals surface area contributed by atoms with Crippen molar-refractivity contribution in [3.63, 3.8) is 0 Å². The second-order valence-electron chi connectivity index (χ2n) is 7.66. The summed E-state index contributed by atoms with van der Waals surface area (Å²) < 4.78 is 44.3. The summed E-state index contributed by atoms with van der Waals surface area (Å²) in [6.45, 7) is 3.50. The first-order valence-electron chi connectivity index (χ1n) is 10.7. The molecule has 6 nitrogen and oxygen atoms in total. The van der Waals surface area contributed by atoms with Gasteiger partial charge in [-0.1, -0.05) is 0 Å². The van der Waals surface area contributed by atoms with Gasteiger partial charge in [0.15, 0.2) is 0 Å². The summed E-state index contributed by atoms with van der Waals surface area (Å²) in [5.74, 6) is 0.113. The molecule has 3 rings (SSSR count). The summed E-state index contributed by atoms with van der Waals surface area (Å²) in [7, 11) is 1.75. The van der Waals surface area contributed by atoms with Crippen molar-refractivity contribution in [3.8, 4) is 5.75 Å². The highest BCUT2D eigenvalue weighted by molar-refractivity contribution is 6.09. The molecule has 1 aliphatic heterocycles. The van der Waals surface area contributed by atoms with Crippen molar-refractivity contribution >= 4 is 17.3 Å². The number of anilines is 1. The van der Waals surface area contributed by atoms with Crippen LogP contribution in [0, 0.1) is 0 Å². The fraction of sp³-hybridized carbons (Fsp3) is 0.333. The summed E-state index contributed by atoms with van der Waals surface area (Å²) in [6.07, 6.45) is 1.04. The molecule has 0 unspecified atom stereocenters. The first-order valence-corrected chi connectivity index (χ1v) is 10.7. The Hall–Kier alpha value is -3.33. The Bertz CT molecular complexity index is 1010. The monoisotopic (exact) mass is 461 g/mol. The lowest BCUT2D eigenvalue weighted by Crippen LogP contribution is -2.67. The number of ether oxygens (including phenoxy) is 1. The Labute approximate surface area is 190 Å². The van der Waals surface area contributed by atoms with E-state index in [2.05, 4.69) is 15.2 Å².